The fraction of sp³-hybridized carbons (Fsp3) is 0.462. The van der Waals surface area contributed by atoms with Gasteiger partial charge in [-0.3, -0.25) is 10.1 Å². The summed E-state index contributed by atoms with van der Waals surface area (Å²) in [4.78, 5) is 10.3. The van der Waals surface area contributed by atoms with Crippen molar-refractivity contribution in [3.63, 3.8) is 0 Å². The fourth-order valence-electron chi connectivity index (χ4n) is 1.42. The zero-order valence-electron chi connectivity index (χ0n) is 11.0. The van der Waals surface area contributed by atoms with E-state index in [4.69, 9.17) is 0 Å². The fourth-order valence-corrected chi connectivity index (χ4v) is 1.42. The van der Waals surface area contributed by atoms with Crippen molar-refractivity contribution in [2.24, 2.45) is 5.10 Å². The molecule has 1 atom stereocenters. The summed E-state index contributed by atoms with van der Waals surface area (Å²) in [5, 5.41) is 14.8. The highest BCUT2D eigenvalue weighted by Crippen LogP contribution is 2.13. The first kappa shape index (κ1) is 14.2. The maximum absolute atomic E-state index is 10.7. The summed E-state index contributed by atoms with van der Waals surface area (Å²) in [5.41, 5.74) is 3.69. The second kappa shape index (κ2) is 6.14. The first-order valence-corrected chi connectivity index (χ1v) is 5.85. The molecule has 0 bridgehead atoms. The molecule has 1 aromatic carbocycles. The van der Waals surface area contributed by atoms with Crippen LogP contribution in [0.5, 0.6) is 0 Å². The van der Waals surface area contributed by atoms with Crippen molar-refractivity contribution < 1.29 is 4.92 Å². The molecular formula is C13H19N3O2. The third-order valence-electron chi connectivity index (χ3n) is 2.23. The van der Waals surface area contributed by atoms with E-state index in [0.29, 0.717) is 0 Å². The Labute approximate surface area is 107 Å². The normalized spacial score (nSPS) is 13.5. The van der Waals surface area contributed by atoms with Gasteiger partial charge in [-0.15, -0.1) is 0 Å². The van der Waals surface area contributed by atoms with Crippen molar-refractivity contribution in [3.8, 4) is 0 Å². The summed E-state index contributed by atoms with van der Waals surface area (Å²) in [6, 6.07) is 9.37. The van der Waals surface area contributed by atoms with Crippen molar-refractivity contribution in [1.29, 1.82) is 0 Å². The lowest BCUT2D eigenvalue weighted by molar-refractivity contribution is -0.480. The Kier molecular flexibility index (Phi) is 4.83. The summed E-state index contributed by atoms with van der Waals surface area (Å²) >= 11 is 0. The van der Waals surface area contributed by atoms with Crippen LogP contribution < -0.4 is 5.43 Å². The predicted octanol–water partition coefficient (Wildman–Crippen LogP) is 2.42. The molecule has 0 saturated carbocycles. The minimum absolute atomic E-state index is 0.146. The van der Waals surface area contributed by atoms with Crippen LogP contribution >= 0.6 is 0 Å². The molecule has 0 unspecified atom stereocenters. The molecule has 0 fully saturated rings. The maximum atomic E-state index is 10.7. The SMILES string of the molecule is CC(C)(C)N/N=C/[C@H](C[N+](=O)[O-])c1ccccc1. The van der Waals surface area contributed by atoms with Gasteiger partial charge in [0.05, 0.1) is 5.92 Å². The molecule has 0 aliphatic rings. The van der Waals surface area contributed by atoms with Crippen molar-refractivity contribution in [1.82, 2.24) is 5.43 Å². The molecule has 0 aliphatic carbocycles. The Balaban J connectivity index is 2.77. The van der Waals surface area contributed by atoms with E-state index in [0.717, 1.165) is 5.56 Å². The van der Waals surface area contributed by atoms with Crippen molar-refractivity contribution >= 4 is 6.21 Å². The number of benzene rings is 1. The van der Waals surface area contributed by atoms with Gasteiger partial charge in [0, 0.05) is 16.7 Å². The van der Waals surface area contributed by atoms with E-state index in [9.17, 15) is 10.1 Å². The highest BCUT2D eigenvalue weighted by atomic mass is 16.6. The average molecular weight is 249 g/mol. The molecule has 0 aromatic heterocycles. The number of hydrazone groups is 1. The van der Waals surface area contributed by atoms with Crippen LogP contribution in [-0.2, 0) is 0 Å². The van der Waals surface area contributed by atoms with Crippen molar-refractivity contribution in [3.05, 3.63) is 46.0 Å². The van der Waals surface area contributed by atoms with Crippen LogP contribution in [0.25, 0.3) is 0 Å². The van der Waals surface area contributed by atoms with Gasteiger partial charge in [0.15, 0.2) is 0 Å². The Morgan fingerprint density at radius 3 is 2.50 bits per heavy atom. The predicted molar refractivity (Wildman–Crippen MR) is 72.4 cm³/mol. The Morgan fingerprint density at radius 2 is 2.00 bits per heavy atom. The summed E-state index contributed by atoms with van der Waals surface area (Å²) in [6.07, 6.45) is 1.60. The van der Waals surface area contributed by atoms with Gasteiger partial charge in [-0.2, -0.15) is 5.10 Å². The number of nitrogens with one attached hydrogen (secondary N) is 1. The molecule has 1 aromatic rings. The largest absolute Gasteiger partial charge is 0.305 e. The monoisotopic (exact) mass is 249 g/mol. The molecule has 0 spiro atoms. The van der Waals surface area contributed by atoms with Gasteiger partial charge in [-0.05, 0) is 26.3 Å². The first-order chi connectivity index (χ1) is 8.38. The molecule has 0 aliphatic heterocycles. The standard InChI is InChI=1S/C13H19N3O2/c1-13(2,3)15-14-9-12(10-16(17)18)11-7-5-4-6-8-11/h4-9,12,15H,10H2,1-3H3/b14-9+/t12-/m1/s1. The van der Waals surface area contributed by atoms with Crippen LogP contribution in [0, 0.1) is 10.1 Å². The van der Waals surface area contributed by atoms with Gasteiger partial charge in [-0.25, -0.2) is 0 Å². The van der Waals surface area contributed by atoms with E-state index in [1.54, 1.807) is 6.21 Å². The van der Waals surface area contributed by atoms with Gasteiger partial charge >= 0.3 is 0 Å². The number of rotatable bonds is 5. The lowest BCUT2D eigenvalue weighted by Crippen LogP contribution is -2.31. The smallest absolute Gasteiger partial charge is 0.215 e. The van der Waals surface area contributed by atoms with E-state index < -0.39 is 0 Å². The molecule has 98 valence electrons. The lowest BCUT2D eigenvalue weighted by atomic mass is 10.0. The summed E-state index contributed by atoms with van der Waals surface area (Å²) in [5.74, 6) is -0.309. The van der Waals surface area contributed by atoms with E-state index in [-0.39, 0.29) is 22.9 Å². The molecule has 1 rings (SSSR count). The van der Waals surface area contributed by atoms with Gasteiger partial charge in [0.1, 0.15) is 0 Å². The van der Waals surface area contributed by atoms with Crippen LogP contribution in [0.1, 0.15) is 32.3 Å². The van der Waals surface area contributed by atoms with Gasteiger partial charge in [0.25, 0.3) is 0 Å². The molecule has 0 radical (unpaired) electrons. The van der Waals surface area contributed by atoms with E-state index in [1.807, 2.05) is 51.1 Å². The highest BCUT2D eigenvalue weighted by Gasteiger charge is 2.15. The molecule has 0 heterocycles. The van der Waals surface area contributed by atoms with Gasteiger partial charge in [-0.1, -0.05) is 30.3 Å². The van der Waals surface area contributed by atoms with Crippen molar-refractivity contribution in [2.45, 2.75) is 32.2 Å². The molecule has 18 heavy (non-hydrogen) atoms. The number of nitrogens with zero attached hydrogens (tertiary/aromatic N) is 2. The highest BCUT2D eigenvalue weighted by molar-refractivity contribution is 5.67. The van der Waals surface area contributed by atoms with Crippen LogP contribution in [0.4, 0.5) is 0 Å². The Hall–Kier alpha value is -1.91. The second-order valence-electron chi connectivity index (χ2n) is 5.17. The quantitative estimate of drug-likeness (QED) is 0.495. The summed E-state index contributed by atoms with van der Waals surface area (Å²) in [7, 11) is 0. The van der Waals surface area contributed by atoms with Crippen LogP contribution in [-0.4, -0.2) is 23.2 Å². The van der Waals surface area contributed by atoms with Crippen LogP contribution in [0.2, 0.25) is 0 Å². The molecule has 0 amide bonds. The third-order valence-corrected chi connectivity index (χ3v) is 2.23. The minimum atomic E-state index is -0.319. The number of hydrogen-bond acceptors (Lipinski definition) is 4. The molecule has 0 saturated heterocycles. The Morgan fingerprint density at radius 1 is 1.39 bits per heavy atom. The van der Waals surface area contributed by atoms with Gasteiger partial charge < -0.3 is 5.43 Å². The van der Waals surface area contributed by atoms with Crippen LogP contribution in [0.3, 0.4) is 0 Å². The molecule has 5 heteroatoms. The molecular weight excluding hydrogens is 230 g/mol. The topological polar surface area (TPSA) is 67.5 Å². The summed E-state index contributed by atoms with van der Waals surface area (Å²) in [6.45, 7) is 5.79. The van der Waals surface area contributed by atoms with E-state index in [2.05, 4.69) is 10.5 Å². The van der Waals surface area contributed by atoms with E-state index >= 15 is 0 Å². The zero-order chi connectivity index (χ0) is 13.6. The number of nitro groups is 1. The maximum Gasteiger partial charge on any atom is 0.215 e. The lowest BCUT2D eigenvalue weighted by Gasteiger charge is -2.17. The second-order valence-corrected chi connectivity index (χ2v) is 5.17. The van der Waals surface area contributed by atoms with Gasteiger partial charge in [0.2, 0.25) is 6.54 Å². The number of hydrogen-bond donors (Lipinski definition) is 1. The Bertz CT molecular complexity index is 410. The van der Waals surface area contributed by atoms with Crippen molar-refractivity contribution in [2.75, 3.05) is 6.54 Å². The average Bonchev–Trinajstić information content (AvgIpc) is 2.27. The van der Waals surface area contributed by atoms with E-state index in [1.165, 1.54) is 0 Å². The third kappa shape index (κ3) is 5.43. The van der Waals surface area contributed by atoms with Crippen LogP contribution in [0.15, 0.2) is 35.4 Å². The molecule has 5 nitrogen and oxygen atoms in total. The first-order valence-electron chi connectivity index (χ1n) is 5.85. The molecule has 1 N–H and O–H groups in total. The zero-order valence-corrected chi connectivity index (χ0v) is 11.0. The minimum Gasteiger partial charge on any atom is -0.305 e. The summed E-state index contributed by atoms with van der Waals surface area (Å²) < 4.78 is 0.